The Morgan fingerprint density at radius 1 is 0.495 bits per heavy atom. The fraction of sp³-hybridized carbons (Fsp3) is 0.797. The lowest BCUT2D eigenvalue weighted by molar-refractivity contribution is -0.157. The third kappa shape index (κ3) is 21.8. The van der Waals surface area contributed by atoms with E-state index < -0.39 is 155 Å². The summed E-state index contributed by atoms with van der Waals surface area (Å²) in [6.07, 6.45) is 2.90. The Labute approximate surface area is 546 Å². The number of likely N-dealkylation sites (N-methyl/N-ethyl adjacent to an activating group) is 7. The minimum Gasteiger partial charge on any atom is -0.390 e. The van der Waals surface area contributed by atoms with Crippen molar-refractivity contribution in [1.82, 2.24) is 49.2 Å². The molecule has 1 aromatic rings. The van der Waals surface area contributed by atoms with Crippen molar-refractivity contribution in [2.75, 3.05) is 49.3 Å². The molecule has 2 N–H and O–H groups in total. The van der Waals surface area contributed by atoms with Crippen LogP contribution in [0.1, 0.15) is 188 Å². The van der Waals surface area contributed by atoms with Crippen molar-refractivity contribution in [2.45, 2.75) is 250 Å². The summed E-state index contributed by atoms with van der Waals surface area (Å²) in [6, 6.07) is -9.42. The van der Waals surface area contributed by atoms with E-state index >= 15 is 19.2 Å². The van der Waals surface area contributed by atoms with Crippen LogP contribution in [-0.2, 0) is 65.7 Å². The van der Waals surface area contributed by atoms with E-state index in [-0.39, 0.29) is 80.8 Å². The molecule has 0 bridgehead atoms. The summed E-state index contributed by atoms with van der Waals surface area (Å²) >= 11 is 0. The first-order chi connectivity index (χ1) is 42.1. The van der Waals surface area contributed by atoms with E-state index in [1.165, 1.54) is 97.5 Å². The zero-order valence-corrected chi connectivity index (χ0v) is 60.4. The van der Waals surface area contributed by atoms with Crippen molar-refractivity contribution in [2.24, 2.45) is 59.2 Å². The number of Topliss-reactive ketones (excluding diaryl/α,β-unsaturated/α-hetero) is 3. The molecule has 1 fully saturated rings. The topological polar surface area (TPSA) is 261 Å². The van der Waals surface area contributed by atoms with Crippen LogP contribution in [0.5, 0.6) is 0 Å². The lowest BCUT2D eigenvalue weighted by Crippen LogP contribution is -2.62. The highest BCUT2D eigenvalue weighted by molar-refractivity contribution is 6.00. The molecule has 91 heavy (non-hydrogen) atoms. The largest absolute Gasteiger partial charge is 0.390 e. The van der Waals surface area contributed by atoms with E-state index in [1.54, 1.807) is 40.8 Å². The van der Waals surface area contributed by atoms with Crippen molar-refractivity contribution in [3.05, 3.63) is 18.2 Å². The number of aromatic nitrogens is 2. The Kier molecular flexibility index (Phi) is 32.4. The number of rotatable bonds is 17. The van der Waals surface area contributed by atoms with E-state index in [0.717, 1.165) is 6.42 Å². The van der Waals surface area contributed by atoms with Crippen LogP contribution in [0.2, 0.25) is 0 Å². The van der Waals surface area contributed by atoms with E-state index in [1.807, 2.05) is 86.9 Å². The molecule has 518 valence electrons. The molecular weight excluding hydrogens is 1160 g/mol. The average Bonchev–Trinajstić information content (AvgIpc) is 1.04. The molecule has 13 atom stereocenters. The molecular formula is C69H120N10O12. The van der Waals surface area contributed by atoms with Gasteiger partial charge in [0, 0.05) is 112 Å². The van der Waals surface area contributed by atoms with Gasteiger partial charge in [0.15, 0.2) is 17.3 Å². The number of hydrogen-bond acceptors (Lipinski definition) is 13. The van der Waals surface area contributed by atoms with Gasteiger partial charge in [0.05, 0.1) is 18.2 Å². The van der Waals surface area contributed by atoms with Gasteiger partial charge in [-0.3, -0.25) is 52.7 Å². The second-order valence-electron chi connectivity index (χ2n) is 28.8. The molecule has 0 radical (unpaired) electrons. The number of imidazole rings is 1. The Morgan fingerprint density at radius 3 is 1.40 bits per heavy atom. The van der Waals surface area contributed by atoms with Crippen LogP contribution in [-0.4, -0.2) is 217 Å². The Balaban J connectivity index is 3.04. The molecule has 0 saturated carbocycles. The molecule has 1 saturated heterocycles. The predicted molar refractivity (Wildman–Crippen MR) is 353 cm³/mol. The van der Waals surface area contributed by atoms with Crippen LogP contribution in [0.3, 0.4) is 0 Å². The highest BCUT2D eigenvalue weighted by Gasteiger charge is 2.46. The van der Waals surface area contributed by atoms with E-state index in [2.05, 4.69) is 10.3 Å². The molecule has 1 aromatic heterocycles. The maximum atomic E-state index is 15.4. The maximum absolute atomic E-state index is 15.4. The normalized spacial score (nSPS) is 26.9. The molecule has 2 heterocycles. The van der Waals surface area contributed by atoms with Gasteiger partial charge in [-0.05, 0) is 93.8 Å². The highest BCUT2D eigenvalue weighted by atomic mass is 16.3. The molecule has 22 heteroatoms. The van der Waals surface area contributed by atoms with Gasteiger partial charge >= 0.3 is 0 Å². The summed E-state index contributed by atoms with van der Waals surface area (Å²) in [7, 11) is 10.3. The van der Waals surface area contributed by atoms with Gasteiger partial charge in [0.1, 0.15) is 42.1 Å². The van der Waals surface area contributed by atoms with Crippen molar-refractivity contribution in [3.63, 3.8) is 0 Å². The zero-order valence-electron chi connectivity index (χ0n) is 60.4. The number of aliphatic hydroxyl groups excluding tert-OH is 1. The van der Waals surface area contributed by atoms with Gasteiger partial charge in [-0.1, -0.05) is 111 Å². The van der Waals surface area contributed by atoms with Gasteiger partial charge in [-0.15, -0.1) is 0 Å². The van der Waals surface area contributed by atoms with Crippen LogP contribution in [0, 0.1) is 59.2 Å². The summed E-state index contributed by atoms with van der Waals surface area (Å²) < 4.78 is 1.96. The molecule has 0 unspecified atom stereocenters. The van der Waals surface area contributed by atoms with Crippen molar-refractivity contribution in [3.8, 4) is 0 Å². The summed E-state index contributed by atoms with van der Waals surface area (Å²) in [5, 5.41) is 15.3. The number of ketones is 3. The van der Waals surface area contributed by atoms with E-state index in [4.69, 9.17) is 0 Å². The predicted octanol–water partition coefficient (Wildman–Crippen LogP) is 6.81. The standard InChI is InChI=1S/C69H120N10O12/c1-26-29-79-30-28-70-58(79)36-45(15)61(83)60-57(82)37-49(27-2)65(87)72(19)48(18)64(86)73(20)52(32-40(5)6)56(81)38-50(43(11)12)66(88)74(21)51(31-39(3)4)55(80)35-46(16)62(84)71-47(17)63(85)75(22)53(33-41(7)8)67(89)76(23)54(34-42(9)10)68(90)77(24)59(44(13)14)69(91)78(60)25/h28,30,39-54,59-61,83H,26-27,29,31-38H2,1-25H3,(H,71,84)/t45-,46+,47+,48-,49+,50-,51-,52+,53-,54-,59-,60+,61-/m1/s1. The van der Waals surface area contributed by atoms with Gasteiger partial charge in [-0.25, -0.2) is 4.98 Å². The molecule has 0 aliphatic carbocycles. The fourth-order valence-corrected chi connectivity index (χ4v) is 12.6. The monoisotopic (exact) mass is 1280 g/mol. The maximum Gasteiger partial charge on any atom is 0.246 e. The molecule has 0 spiro atoms. The first kappa shape index (κ1) is 81.0. The lowest BCUT2D eigenvalue weighted by atomic mass is 9.84. The van der Waals surface area contributed by atoms with Gasteiger partial charge < -0.3 is 49.3 Å². The fourth-order valence-electron chi connectivity index (χ4n) is 12.6. The van der Waals surface area contributed by atoms with Crippen LogP contribution >= 0.6 is 0 Å². The highest BCUT2D eigenvalue weighted by Crippen LogP contribution is 2.30. The molecule has 8 amide bonds. The van der Waals surface area contributed by atoms with Crippen LogP contribution in [0.15, 0.2) is 12.4 Å². The van der Waals surface area contributed by atoms with Crippen molar-refractivity contribution < 1.29 is 57.8 Å². The number of amides is 8. The van der Waals surface area contributed by atoms with Gasteiger partial charge in [0.25, 0.3) is 0 Å². The van der Waals surface area contributed by atoms with Crippen LogP contribution in [0.4, 0.5) is 0 Å². The van der Waals surface area contributed by atoms with Crippen LogP contribution < -0.4 is 5.32 Å². The Hall–Kier alpha value is -6.06. The number of aryl methyl sites for hydroxylation is 1. The second-order valence-corrected chi connectivity index (χ2v) is 28.8. The minimum atomic E-state index is -1.56. The minimum absolute atomic E-state index is 0.0727. The third-order valence-corrected chi connectivity index (χ3v) is 18.6. The average molecular weight is 1280 g/mol. The molecule has 2 rings (SSSR count). The SMILES string of the molecule is CCCn1ccnc1C[C@@H](C)[C@@H](O)[C@@H]1C(=O)C[C@H](CC)C(=O)N(C)[C@H](C)C(=O)N(C)[C@@H](CC(C)C)C(=O)C[C@H](C(C)C)C(=O)N(C)[C@H](CC(C)C)C(=O)C[C@H](C)C(=O)N[C@@H](C)C(=O)N(C)[C@H](CC(C)C)C(=O)N(C)[C@H](CC(C)C)C(=O)N(C)[C@H](C(C)C)C(=O)N1C. The Bertz CT molecular complexity index is 2630. The number of nitrogens with zero attached hydrogens (tertiary/aromatic N) is 9. The zero-order chi connectivity index (χ0) is 70.1. The molecule has 22 nitrogen and oxygen atoms in total. The van der Waals surface area contributed by atoms with Crippen LogP contribution in [0.25, 0.3) is 0 Å². The summed E-state index contributed by atoms with van der Waals surface area (Å²) in [5.74, 6) is -10.5. The number of carbonyl (C=O) groups is 11. The summed E-state index contributed by atoms with van der Waals surface area (Å²) in [4.78, 5) is 177. The van der Waals surface area contributed by atoms with Gasteiger partial charge in [0.2, 0.25) is 47.3 Å². The number of aliphatic hydroxyl groups is 1. The molecule has 0 aromatic carbocycles. The lowest BCUT2D eigenvalue weighted by Gasteiger charge is -2.41. The number of nitrogens with one attached hydrogen (secondary N) is 1. The Morgan fingerprint density at radius 2 is 0.934 bits per heavy atom. The van der Waals surface area contributed by atoms with Gasteiger partial charge in [-0.2, -0.15) is 0 Å². The number of carbonyl (C=O) groups excluding carboxylic acids is 11. The first-order valence-electron chi connectivity index (χ1n) is 33.5. The van der Waals surface area contributed by atoms with E-state index in [0.29, 0.717) is 12.4 Å². The number of hydrogen-bond donors (Lipinski definition) is 2. The van der Waals surface area contributed by atoms with Crippen molar-refractivity contribution in [1.29, 1.82) is 0 Å². The smallest absolute Gasteiger partial charge is 0.246 e. The van der Waals surface area contributed by atoms with Crippen molar-refractivity contribution >= 4 is 64.6 Å². The van der Waals surface area contributed by atoms with E-state index in [9.17, 15) is 38.7 Å². The third-order valence-electron chi connectivity index (χ3n) is 18.6. The molecule has 1 aliphatic rings. The summed E-state index contributed by atoms with van der Waals surface area (Å²) in [6.45, 7) is 33.0. The first-order valence-corrected chi connectivity index (χ1v) is 33.5. The summed E-state index contributed by atoms with van der Waals surface area (Å²) in [5.41, 5.74) is 0. The molecule has 1 aliphatic heterocycles. The second kappa shape index (κ2) is 36.4. The quantitative estimate of drug-likeness (QED) is 0.163.